The van der Waals surface area contributed by atoms with Gasteiger partial charge in [-0.2, -0.15) is 5.10 Å². The molecule has 5 rings (SSSR count). The minimum absolute atomic E-state index is 0.128. The summed E-state index contributed by atoms with van der Waals surface area (Å²) in [6.07, 6.45) is 5.36. The molecule has 3 heterocycles. The Bertz CT molecular complexity index is 1290. The van der Waals surface area contributed by atoms with E-state index in [0.29, 0.717) is 17.5 Å². The Labute approximate surface area is 209 Å². The summed E-state index contributed by atoms with van der Waals surface area (Å²) < 4.78 is 7.87. The van der Waals surface area contributed by atoms with Crippen LogP contribution in [0.4, 0.5) is 0 Å². The van der Waals surface area contributed by atoms with Crippen LogP contribution in [-0.4, -0.2) is 54.1 Å². The number of nitrogens with zero attached hydrogens (tertiary/aromatic N) is 5. The number of amides is 1. The molecule has 4 aromatic rings. The van der Waals surface area contributed by atoms with Gasteiger partial charge in [-0.3, -0.25) is 4.79 Å². The molecule has 0 aliphatic carbocycles. The van der Waals surface area contributed by atoms with E-state index in [1.807, 2.05) is 70.4 Å². The first-order valence-corrected chi connectivity index (χ1v) is 13.0. The number of carbonyl (C=O) groups excluding carboxylic acids is 1. The van der Waals surface area contributed by atoms with Crippen LogP contribution in [0.1, 0.15) is 26.7 Å². The molecule has 0 spiro atoms. The predicted octanol–water partition coefficient (Wildman–Crippen LogP) is 5.42. The number of para-hydroxylation sites is 1. The number of rotatable bonds is 8. The lowest BCUT2D eigenvalue weighted by atomic mass is 10.1. The van der Waals surface area contributed by atoms with Gasteiger partial charge in [-0.25, -0.2) is 14.6 Å². The number of ether oxygens (including phenoxy) is 1. The fraction of sp³-hybridized carbons (Fsp3) is 0.333. The summed E-state index contributed by atoms with van der Waals surface area (Å²) in [5, 5.41) is 6.28. The maximum Gasteiger partial charge on any atom is 0.232 e. The first-order chi connectivity index (χ1) is 17.1. The van der Waals surface area contributed by atoms with E-state index in [1.54, 1.807) is 18.1 Å². The Morgan fingerprint density at radius 2 is 1.89 bits per heavy atom. The molecule has 2 aromatic heterocycles. The zero-order chi connectivity index (χ0) is 24.2. The molecular weight excluding hydrogens is 458 g/mol. The average Bonchev–Trinajstić information content (AvgIpc) is 3.49. The summed E-state index contributed by atoms with van der Waals surface area (Å²) in [5.74, 6) is 2.30. The van der Waals surface area contributed by atoms with Gasteiger partial charge in [-0.1, -0.05) is 32.0 Å². The summed E-state index contributed by atoms with van der Waals surface area (Å²) >= 11 is 1.70. The van der Waals surface area contributed by atoms with Crippen molar-refractivity contribution in [1.82, 2.24) is 24.6 Å². The van der Waals surface area contributed by atoms with Crippen molar-refractivity contribution in [2.45, 2.75) is 44.5 Å². The molecule has 1 atom stereocenters. The van der Waals surface area contributed by atoms with Crippen molar-refractivity contribution < 1.29 is 9.53 Å². The van der Waals surface area contributed by atoms with Gasteiger partial charge < -0.3 is 9.64 Å². The molecule has 1 amide bonds. The van der Waals surface area contributed by atoms with Gasteiger partial charge in [0.1, 0.15) is 23.5 Å². The molecule has 7 nitrogen and oxygen atoms in total. The van der Waals surface area contributed by atoms with Gasteiger partial charge in [-0.15, -0.1) is 11.8 Å². The highest BCUT2D eigenvalue weighted by Crippen LogP contribution is 2.30. The van der Waals surface area contributed by atoms with Crippen molar-refractivity contribution in [2.24, 2.45) is 0 Å². The Morgan fingerprint density at radius 3 is 2.66 bits per heavy atom. The van der Waals surface area contributed by atoms with E-state index >= 15 is 0 Å². The number of aromatic nitrogens is 4. The summed E-state index contributed by atoms with van der Waals surface area (Å²) in [6.45, 7) is 5.68. The normalized spacial score (nSPS) is 15.7. The van der Waals surface area contributed by atoms with E-state index in [9.17, 15) is 4.79 Å². The maximum atomic E-state index is 12.8. The molecule has 0 saturated carbocycles. The van der Waals surface area contributed by atoms with E-state index in [-0.39, 0.29) is 11.9 Å². The molecule has 0 N–H and O–H groups in total. The molecule has 0 unspecified atom stereocenters. The number of hydrogen-bond donors (Lipinski definition) is 0. The second-order valence-electron chi connectivity index (χ2n) is 8.97. The molecule has 0 radical (unpaired) electrons. The lowest BCUT2D eigenvalue weighted by molar-refractivity contribution is -0.129. The van der Waals surface area contributed by atoms with Gasteiger partial charge in [-0.05, 0) is 54.5 Å². The van der Waals surface area contributed by atoms with Crippen molar-refractivity contribution in [3.8, 4) is 22.8 Å². The fourth-order valence-electron chi connectivity index (χ4n) is 4.44. The molecule has 1 aliphatic heterocycles. The average molecular weight is 488 g/mol. The minimum Gasteiger partial charge on any atom is -0.457 e. The third-order valence-electron chi connectivity index (χ3n) is 6.14. The Kier molecular flexibility index (Phi) is 6.99. The van der Waals surface area contributed by atoms with Gasteiger partial charge in [0.05, 0.1) is 23.7 Å². The molecule has 2 aromatic carbocycles. The molecule has 0 bridgehead atoms. The van der Waals surface area contributed by atoms with Crippen LogP contribution in [0.3, 0.4) is 0 Å². The van der Waals surface area contributed by atoms with E-state index in [2.05, 4.69) is 23.8 Å². The molecule has 1 fully saturated rings. The quantitative estimate of drug-likeness (QED) is 0.331. The predicted molar refractivity (Wildman–Crippen MR) is 140 cm³/mol. The lowest BCUT2D eigenvalue weighted by Crippen LogP contribution is -2.39. The topological polar surface area (TPSA) is 73.1 Å². The van der Waals surface area contributed by atoms with Gasteiger partial charge in [0, 0.05) is 18.3 Å². The van der Waals surface area contributed by atoms with Crippen molar-refractivity contribution in [2.75, 3.05) is 12.3 Å². The van der Waals surface area contributed by atoms with Crippen LogP contribution in [0, 0.1) is 0 Å². The van der Waals surface area contributed by atoms with Crippen LogP contribution in [0.5, 0.6) is 11.5 Å². The number of fused-ring (bicyclic) bond motifs is 1. The first kappa shape index (κ1) is 23.4. The first-order valence-electron chi connectivity index (χ1n) is 12.0. The number of benzene rings is 2. The Balaban J connectivity index is 1.37. The monoisotopic (exact) mass is 487 g/mol. The number of likely N-dealkylation sites (tertiary alicyclic amines) is 1. The Morgan fingerprint density at radius 1 is 1.11 bits per heavy atom. The van der Waals surface area contributed by atoms with E-state index in [4.69, 9.17) is 9.84 Å². The highest BCUT2D eigenvalue weighted by Gasteiger charge is 2.30. The molecular formula is C27H29N5O2S. The number of carbonyl (C=O) groups is 1. The van der Waals surface area contributed by atoms with Gasteiger partial charge >= 0.3 is 0 Å². The van der Waals surface area contributed by atoms with Crippen LogP contribution in [0.15, 0.2) is 67.1 Å². The highest BCUT2D eigenvalue weighted by atomic mass is 32.2. The second kappa shape index (κ2) is 10.5. The van der Waals surface area contributed by atoms with Crippen LogP contribution >= 0.6 is 11.8 Å². The van der Waals surface area contributed by atoms with Crippen molar-refractivity contribution in [3.05, 3.63) is 67.1 Å². The number of hydrogen-bond acceptors (Lipinski definition) is 6. The SMILES string of the molecule is CC(C)SCC(=O)N1CCC[C@H]1Cn1nc(-c2ccc(Oc3ccccc3)cc2)c2cncnc21. The summed E-state index contributed by atoms with van der Waals surface area (Å²) in [6, 6.07) is 17.8. The molecule has 35 heavy (non-hydrogen) atoms. The second-order valence-corrected chi connectivity index (χ2v) is 10.5. The van der Waals surface area contributed by atoms with E-state index in [0.717, 1.165) is 53.2 Å². The van der Waals surface area contributed by atoms with Gasteiger partial charge in [0.25, 0.3) is 0 Å². The molecule has 1 saturated heterocycles. The molecule has 180 valence electrons. The summed E-state index contributed by atoms with van der Waals surface area (Å²) in [5.41, 5.74) is 2.59. The van der Waals surface area contributed by atoms with E-state index < -0.39 is 0 Å². The van der Waals surface area contributed by atoms with Gasteiger partial charge in [0.15, 0.2) is 5.65 Å². The number of thioether (sulfide) groups is 1. The summed E-state index contributed by atoms with van der Waals surface area (Å²) in [4.78, 5) is 23.6. The Hall–Kier alpha value is -3.39. The zero-order valence-corrected chi connectivity index (χ0v) is 20.8. The summed E-state index contributed by atoms with van der Waals surface area (Å²) in [7, 11) is 0. The van der Waals surface area contributed by atoms with Crippen molar-refractivity contribution in [3.63, 3.8) is 0 Å². The fourth-order valence-corrected chi connectivity index (χ4v) is 5.08. The standard InChI is InChI=1S/C27H29N5O2S/c1-19(2)35-17-25(33)31-14-6-7-21(31)16-32-27-24(15-28-18-29-27)26(30-32)20-10-12-23(13-11-20)34-22-8-4-3-5-9-22/h3-5,8-13,15,18-19,21H,6-7,14,16-17H2,1-2H3/t21-/m0/s1. The zero-order valence-electron chi connectivity index (χ0n) is 20.0. The minimum atomic E-state index is 0.128. The third-order valence-corrected chi connectivity index (χ3v) is 7.22. The van der Waals surface area contributed by atoms with Crippen molar-refractivity contribution >= 4 is 28.7 Å². The highest BCUT2D eigenvalue weighted by molar-refractivity contribution is 8.00. The third kappa shape index (κ3) is 5.32. The van der Waals surface area contributed by atoms with Crippen LogP contribution in [-0.2, 0) is 11.3 Å². The van der Waals surface area contributed by atoms with Crippen molar-refractivity contribution in [1.29, 1.82) is 0 Å². The smallest absolute Gasteiger partial charge is 0.232 e. The maximum absolute atomic E-state index is 12.8. The lowest BCUT2D eigenvalue weighted by Gasteiger charge is -2.25. The van der Waals surface area contributed by atoms with Crippen LogP contribution < -0.4 is 4.74 Å². The van der Waals surface area contributed by atoms with Gasteiger partial charge in [0.2, 0.25) is 5.91 Å². The van der Waals surface area contributed by atoms with Crippen LogP contribution in [0.25, 0.3) is 22.3 Å². The van der Waals surface area contributed by atoms with Crippen LogP contribution in [0.2, 0.25) is 0 Å². The molecule has 8 heteroatoms. The molecule has 1 aliphatic rings. The largest absolute Gasteiger partial charge is 0.457 e. The van der Waals surface area contributed by atoms with E-state index in [1.165, 1.54) is 0 Å².